The molecule has 6 heteroatoms. The van der Waals surface area contributed by atoms with E-state index in [1.807, 2.05) is 24.3 Å². The molecule has 2 amide bonds. The Balaban J connectivity index is 1.78. The maximum atomic E-state index is 13.3. The third kappa shape index (κ3) is 3.99. The van der Waals surface area contributed by atoms with Gasteiger partial charge < -0.3 is 10.2 Å². The first-order valence-corrected chi connectivity index (χ1v) is 8.82. The van der Waals surface area contributed by atoms with Crippen molar-refractivity contribution >= 4 is 23.2 Å². The molecule has 0 saturated carbocycles. The van der Waals surface area contributed by atoms with E-state index >= 15 is 0 Å². The normalized spacial score (nSPS) is 17.3. The highest BCUT2D eigenvalue weighted by molar-refractivity contribution is 6.04. The van der Waals surface area contributed by atoms with Crippen LogP contribution in [0.5, 0.6) is 0 Å². The molecule has 4 nitrogen and oxygen atoms in total. The van der Waals surface area contributed by atoms with Crippen LogP contribution in [0.25, 0.3) is 0 Å². The third-order valence-electron chi connectivity index (χ3n) is 4.69. The summed E-state index contributed by atoms with van der Waals surface area (Å²) in [4.78, 5) is 26.7. The van der Waals surface area contributed by atoms with E-state index in [9.17, 15) is 18.4 Å². The van der Waals surface area contributed by atoms with Crippen LogP contribution in [0.2, 0.25) is 0 Å². The van der Waals surface area contributed by atoms with Crippen molar-refractivity contribution in [1.29, 1.82) is 0 Å². The summed E-state index contributed by atoms with van der Waals surface area (Å²) in [5.74, 6) is -3.08. The Morgan fingerprint density at radius 2 is 1.81 bits per heavy atom. The minimum atomic E-state index is -1.03. The summed E-state index contributed by atoms with van der Waals surface area (Å²) in [5.41, 5.74) is 1.85. The number of halogens is 2. The molecule has 1 unspecified atom stereocenters. The molecular formula is C21H22F2N2O2. The number of hydrogen-bond donors (Lipinski definition) is 1. The van der Waals surface area contributed by atoms with E-state index in [0.29, 0.717) is 0 Å². The molecule has 0 radical (unpaired) electrons. The zero-order chi connectivity index (χ0) is 19.8. The van der Waals surface area contributed by atoms with Gasteiger partial charge in [0.25, 0.3) is 0 Å². The molecule has 0 aromatic heterocycles. The molecule has 27 heavy (non-hydrogen) atoms. The van der Waals surface area contributed by atoms with E-state index in [-0.39, 0.29) is 35.9 Å². The van der Waals surface area contributed by atoms with Crippen molar-refractivity contribution in [2.75, 3.05) is 16.8 Å². The van der Waals surface area contributed by atoms with Crippen LogP contribution in [-0.4, -0.2) is 18.4 Å². The van der Waals surface area contributed by atoms with E-state index in [1.54, 1.807) is 4.90 Å². The minimum Gasteiger partial charge on any atom is -0.326 e. The number of para-hydroxylation sites is 1. The lowest BCUT2D eigenvalue weighted by atomic mass is 9.85. The number of rotatable bonds is 3. The first-order chi connectivity index (χ1) is 12.7. The first kappa shape index (κ1) is 19.0. The topological polar surface area (TPSA) is 49.4 Å². The third-order valence-corrected chi connectivity index (χ3v) is 4.69. The van der Waals surface area contributed by atoms with Gasteiger partial charge in [0.1, 0.15) is 0 Å². The molecule has 142 valence electrons. The molecule has 1 heterocycles. The second-order valence-corrected chi connectivity index (χ2v) is 7.79. The zero-order valence-electron chi connectivity index (χ0n) is 15.6. The number of nitrogens with one attached hydrogen (secondary N) is 1. The van der Waals surface area contributed by atoms with Crippen molar-refractivity contribution in [3.8, 4) is 0 Å². The molecule has 1 aliphatic heterocycles. The zero-order valence-corrected chi connectivity index (χ0v) is 15.6. The number of carbonyl (C=O) groups excluding carboxylic acids is 2. The van der Waals surface area contributed by atoms with Crippen LogP contribution in [0.3, 0.4) is 0 Å². The van der Waals surface area contributed by atoms with Gasteiger partial charge in [-0.05, 0) is 29.2 Å². The van der Waals surface area contributed by atoms with Crippen LogP contribution >= 0.6 is 0 Å². The van der Waals surface area contributed by atoms with E-state index in [1.165, 1.54) is 6.07 Å². The highest BCUT2D eigenvalue weighted by atomic mass is 19.2. The molecule has 3 rings (SSSR count). The minimum absolute atomic E-state index is 0.0774. The van der Waals surface area contributed by atoms with Crippen molar-refractivity contribution in [2.45, 2.75) is 32.6 Å². The largest absolute Gasteiger partial charge is 0.326 e. The molecule has 1 atom stereocenters. The number of amides is 2. The number of anilines is 2. The number of carbonyl (C=O) groups is 2. The standard InChI is InChI=1S/C21H22F2N2O2/c1-21(2,3)15-6-4-5-7-18(15)25-12-13(10-19(25)26)20(27)24-14-8-9-16(22)17(23)11-14/h4-9,11,13H,10,12H2,1-3H3,(H,24,27). The van der Waals surface area contributed by atoms with E-state index in [0.717, 1.165) is 23.4 Å². The maximum absolute atomic E-state index is 13.3. The Bertz CT molecular complexity index is 890. The number of nitrogens with zero attached hydrogens (tertiary/aromatic N) is 1. The van der Waals surface area contributed by atoms with Crippen LogP contribution < -0.4 is 10.2 Å². The number of benzene rings is 2. The Morgan fingerprint density at radius 3 is 2.48 bits per heavy atom. The molecule has 1 saturated heterocycles. The molecule has 0 spiro atoms. The SMILES string of the molecule is CC(C)(C)c1ccccc1N1CC(C(=O)Nc2ccc(F)c(F)c2)CC1=O. The Labute approximate surface area is 157 Å². The fraction of sp³-hybridized carbons (Fsp3) is 0.333. The van der Waals surface area contributed by atoms with Crippen LogP contribution in [0.1, 0.15) is 32.8 Å². The predicted molar refractivity (Wildman–Crippen MR) is 101 cm³/mol. The first-order valence-electron chi connectivity index (χ1n) is 8.82. The Morgan fingerprint density at radius 1 is 1.11 bits per heavy atom. The van der Waals surface area contributed by atoms with Gasteiger partial charge in [-0.15, -0.1) is 0 Å². The van der Waals surface area contributed by atoms with Crippen LogP contribution in [0.4, 0.5) is 20.2 Å². The fourth-order valence-electron chi connectivity index (χ4n) is 3.28. The van der Waals surface area contributed by atoms with Crippen molar-refractivity contribution in [3.05, 3.63) is 59.7 Å². The second-order valence-electron chi connectivity index (χ2n) is 7.79. The molecule has 0 bridgehead atoms. The van der Waals surface area contributed by atoms with Gasteiger partial charge in [0.2, 0.25) is 11.8 Å². The van der Waals surface area contributed by atoms with Crippen LogP contribution in [0.15, 0.2) is 42.5 Å². The van der Waals surface area contributed by atoms with Crippen molar-refractivity contribution in [3.63, 3.8) is 0 Å². The number of hydrogen-bond acceptors (Lipinski definition) is 2. The summed E-state index contributed by atoms with van der Waals surface area (Å²) in [6.07, 6.45) is 0.0774. The lowest BCUT2D eigenvalue weighted by Gasteiger charge is -2.27. The van der Waals surface area contributed by atoms with E-state index in [4.69, 9.17) is 0 Å². The van der Waals surface area contributed by atoms with Gasteiger partial charge in [0.05, 0.1) is 5.92 Å². The predicted octanol–water partition coefficient (Wildman–Crippen LogP) is 4.25. The molecule has 1 aliphatic rings. The molecule has 0 aliphatic carbocycles. The fourth-order valence-corrected chi connectivity index (χ4v) is 3.28. The summed E-state index contributed by atoms with van der Waals surface area (Å²) >= 11 is 0. The Hall–Kier alpha value is -2.76. The van der Waals surface area contributed by atoms with E-state index in [2.05, 4.69) is 26.1 Å². The maximum Gasteiger partial charge on any atom is 0.229 e. The average Bonchev–Trinajstić information content (AvgIpc) is 2.99. The van der Waals surface area contributed by atoms with Crippen molar-refractivity contribution < 1.29 is 18.4 Å². The smallest absolute Gasteiger partial charge is 0.229 e. The quantitative estimate of drug-likeness (QED) is 0.875. The summed E-state index contributed by atoms with van der Waals surface area (Å²) in [6.45, 7) is 6.46. The lowest BCUT2D eigenvalue weighted by Crippen LogP contribution is -2.30. The summed E-state index contributed by atoms with van der Waals surface area (Å²) < 4.78 is 26.3. The highest BCUT2D eigenvalue weighted by Crippen LogP contribution is 2.35. The monoisotopic (exact) mass is 372 g/mol. The van der Waals surface area contributed by atoms with Crippen LogP contribution in [-0.2, 0) is 15.0 Å². The van der Waals surface area contributed by atoms with Gasteiger partial charge in [-0.1, -0.05) is 39.0 Å². The van der Waals surface area contributed by atoms with E-state index < -0.39 is 17.6 Å². The second kappa shape index (κ2) is 7.10. The van der Waals surface area contributed by atoms with Gasteiger partial charge in [-0.2, -0.15) is 0 Å². The van der Waals surface area contributed by atoms with Crippen molar-refractivity contribution in [2.24, 2.45) is 5.92 Å². The average molecular weight is 372 g/mol. The molecule has 1 N–H and O–H groups in total. The summed E-state index contributed by atoms with van der Waals surface area (Å²) in [5, 5.41) is 2.56. The van der Waals surface area contributed by atoms with Crippen molar-refractivity contribution in [1.82, 2.24) is 0 Å². The van der Waals surface area contributed by atoms with Gasteiger partial charge in [0.15, 0.2) is 11.6 Å². The van der Waals surface area contributed by atoms with Gasteiger partial charge in [0, 0.05) is 30.4 Å². The lowest BCUT2D eigenvalue weighted by molar-refractivity contribution is -0.122. The summed E-state index contributed by atoms with van der Waals surface area (Å²) in [6, 6.07) is 10.8. The Kier molecular flexibility index (Phi) is 5.00. The molecule has 2 aromatic carbocycles. The van der Waals surface area contributed by atoms with Crippen LogP contribution in [0, 0.1) is 17.6 Å². The van der Waals surface area contributed by atoms with Gasteiger partial charge in [-0.25, -0.2) is 8.78 Å². The van der Waals surface area contributed by atoms with Gasteiger partial charge >= 0.3 is 0 Å². The van der Waals surface area contributed by atoms with Gasteiger partial charge in [-0.3, -0.25) is 9.59 Å². The summed E-state index contributed by atoms with van der Waals surface area (Å²) in [7, 11) is 0. The highest BCUT2D eigenvalue weighted by Gasteiger charge is 2.37. The molecule has 1 fully saturated rings. The molecular weight excluding hydrogens is 350 g/mol. The molecule has 2 aromatic rings.